The lowest BCUT2D eigenvalue weighted by atomic mass is 10.2. The molecule has 0 unspecified atom stereocenters. The van der Waals surface area contributed by atoms with Gasteiger partial charge in [-0.3, -0.25) is 20.2 Å². The van der Waals surface area contributed by atoms with Gasteiger partial charge in [0, 0.05) is 11.1 Å². The quantitative estimate of drug-likeness (QED) is 0.186. The average Bonchev–Trinajstić information content (AvgIpc) is 3.58. The summed E-state index contributed by atoms with van der Waals surface area (Å²) < 4.78 is 7.50. The molecular formula is C28H14Cl4N4O3S2. The lowest BCUT2D eigenvalue weighted by Crippen LogP contribution is -2.11. The fourth-order valence-corrected chi connectivity index (χ4v) is 6.37. The minimum Gasteiger partial charge on any atom is -0.457 e. The summed E-state index contributed by atoms with van der Waals surface area (Å²) in [4.78, 5) is 34.2. The Balaban J connectivity index is 1.08. The Morgan fingerprint density at radius 3 is 1.37 bits per heavy atom. The summed E-state index contributed by atoms with van der Waals surface area (Å²) in [5.41, 5.74) is 1.93. The fraction of sp³-hybridized carbons (Fsp3) is 0. The molecule has 0 spiro atoms. The summed E-state index contributed by atoms with van der Waals surface area (Å²) in [6.07, 6.45) is 0. The van der Waals surface area contributed by atoms with E-state index < -0.39 is 0 Å². The third kappa shape index (κ3) is 5.83. The van der Waals surface area contributed by atoms with Crippen molar-refractivity contribution in [2.24, 2.45) is 0 Å². The monoisotopic (exact) mass is 658 g/mol. The molecule has 6 rings (SSSR count). The van der Waals surface area contributed by atoms with Crippen molar-refractivity contribution in [3.8, 4) is 11.5 Å². The summed E-state index contributed by atoms with van der Waals surface area (Å²) in [5, 5.41) is 7.88. The van der Waals surface area contributed by atoms with Crippen LogP contribution in [-0.2, 0) is 0 Å². The number of amides is 2. The van der Waals surface area contributed by atoms with E-state index in [0.717, 1.165) is 9.40 Å². The predicted octanol–water partition coefficient (Wildman–Crippen LogP) is 9.82. The number of hydrogen-bond donors (Lipinski definition) is 2. The molecule has 7 nitrogen and oxygen atoms in total. The molecule has 0 radical (unpaired) electrons. The second kappa shape index (κ2) is 11.4. The number of aromatic nitrogens is 2. The Hall–Kier alpha value is -3.44. The van der Waals surface area contributed by atoms with Crippen LogP contribution in [0.1, 0.15) is 20.7 Å². The van der Waals surface area contributed by atoms with Gasteiger partial charge in [0.05, 0.1) is 29.5 Å². The molecule has 2 heterocycles. The number of ether oxygens (including phenoxy) is 1. The van der Waals surface area contributed by atoms with Crippen molar-refractivity contribution in [1.82, 2.24) is 9.97 Å². The topological polar surface area (TPSA) is 93.2 Å². The van der Waals surface area contributed by atoms with E-state index in [2.05, 4.69) is 20.6 Å². The van der Waals surface area contributed by atoms with Gasteiger partial charge in [-0.25, -0.2) is 9.97 Å². The molecule has 4 aromatic carbocycles. The third-order valence-electron chi connectivity index (χ3n) is 5.81. The standard InChI is InChI=1S/C28H14Cl4N4O3S2/c29-17-9-11-19-23(21(17)31)33-27(40-19)35-25(37)13-1-5-15(6-2-13)39-16-7-3-14(4-8-16)26(38)36-28-34-24-20(41-28)12-10-18(30)22(24)32/h1-12H,(H,33,35,37)(H,34,36,38). The van der Waals surface area contributed by atoms with Gasteiger partial charge in [0.15, 0.2) is 10.3 Å². The normalized spacial score (nSPS) is 11.1. The van der Waals surface area contributed by atoms with Gasteiger partial charge in [-0.15, -0.1) is 0 Å². The Kier molecular flexibility index (Phi) is 7.74. The first-order chi connectivity index (χ1) is 19.7. The molecule has 0 saturated heterocycles. The number of thiazole rings is 2. The van der Waals surface area contributed by atoms with Gasteiger partial charge in [-0.2, -0.15) is 0 Å². The van der Waals surface area contributed by atoms with Crippen molar-refractivity contribution < 1.29 is 14.3 Å². The molecule has 2 amide bonds. The SMILES string of the molecule is O=C(Nc1nc2c(Cl)c(Cl)ccc2s1)c1ccc(Oc2ccc(C(=O)Nc3nc4c(Cl)c(Cl)ccc4s3)cc2)cc1. The van der Waals surface area contributed by atoms with Crippen LogP contribution in [0.15, 0.2) is 72.8 Å². The molecule has 13 heteroatoms. The van der Waals surface area contributed by atoms with Crippen LogP contribution in [0.2, 0.25) is 20.1 Å². The molecule has 0 saturated carbocycles. The highest BCUT2D eigenvalue weighted by Gasteiger charge is 2.15. The van der Waals surface area contributed by atoms with Crippen LogP contribution in [-0.4, -0.2) is 21.8 Å². The first-order valence-electron chi connectivity index (χ1n) is 11.7. The van der Waals surface area contributed by atoms with E-state index in [9.17, 15) is 9.59 Å². The van der Waals surface area contributed by atoms with Crippen LogP contribution in [0, 0.1) is 0 Å². The number of carbonyl (C=O) groups is 2. The summed E-state index contributed by atoms with van der Waals surface area (Å²) in [5.74, 6) is 0.383. The lowest BCUT2D eigenvalue weighted by Gasteiger charge is -2.08. The molecule has 2 aromatic heterocycles. The van der Waals surface area contributed by atoms with Crippen LogP contribution in [0.25, 0.3) is 20.4 Å². The number of nitrogens with one attached hydrogen (secondary N) is 2. The van der Waals surface area contributed by atoms with Gasteiger partial charge in [0.2, 0.25) is 0 Å². The van der Waals surface area contributed by atoms with E-state index in [1.807, 2.05) is 0 Å². The van der Waals surface area contributed by atoms with Crippen molar-refractivity contribution in [3.63, 3.8) is 0 Å². The Bertz CT molecular complexity index is 1820. The van der Waals surface area contributed by atoms with Gasteiger partial charge < -0.3 is 4.74 Å². The van der Waals surface area contributed by atoms with Crippen molar-refractivity contribution in [3.05, 3.63) is 104 Å². The van der Waals surface area contributed by atoms with Gasteiger partial charge in [-0.05, 0) is 72.8 Å². The van der Waals surface area contributed by atoms with Gasteiger partial charge in [0.1, 0.15) is 22.5 Å². The number of hydrogen-bond acceptors (Lipinski definition) is 7. The molecule has 0 aliphatic heterocycles. The van der Waals surface area contributed by atoms with Crippen LogP contribution < -0.4 is 15.4 Å². The van der Waals surface area contributed by atoms with Gasteiger partial charge >= 0.3 is 0 Å². The zero-order valence-corrected chi connectivity index (χ0v) is 25.0. The molecular weight excluding hydrogens is 646 g/mol. The smallest absolute Gasteiger partial charge is 0.257 e. The fourth-order valence-electron chi connectivity index (χ4n) is 3.80. The van der Waals surface area contributed by atoms with Crippen LogP contribution in [0.4, 0.5) is 10.3 Å². The number of nitrogens with zero attached hydrogens (tertiary/aromatic N) is 2. The van der Waals surface area contributed by atoms with Gasteiger partial charge in [-0.1, -0.05) is 69.1 Å². The first kappa shape index (κ1) is 27.7. The number of anilines is 2. The van der Waals surface area contributed by atoms with E-state index in [4.69, 9.17) is 51.1 Å². The zero-order chi connectivity index (χ0) is 28.7. The predicted molar refractivity (Wildman–Crippen MR) is 168 cm³/mol. The van der Waals surface area contributed by atoms with E-state index in [0.29, 0.717) is 64.0 Å². The number of fused-ring (bicyclic) bond motifs is 2. The molecule has 6 aromatic rings. The van der Waals surface area contributed by atoms with Crippen molar-refractivity contribution in [2.45, 2.75) is 0 Å². The Morgan fingerprint density at radius 1 is 0.585 bits per heavy atom. The van der Waals surface area contributed by atoms with E-state index in [1.54, 1.807) is 72.8 Å². The molecule has 0 bridgehead atoms. The molecule has 0 aliphatic carbocycles. The minimum absolute atomic E-state index is 0.327. The van der Waals surface area contributed by atoms with Crippen LogP contribution in [0.5, 0.6) is 11.5 Å². The largest absolute Gasteiger partial charge is 0.457 e. The molecule has 0 fully saturated rings. The summed E-state index contributed by atoms with van der Waals surface area (Å²) in [7, 11) is 0. The highest BCUT2D eigenvalue weighted by Crippen LogP contribution is 2.36. The van der Waals surface area contributed by atoms with Crippen molar-refractivity contribution in [1.29, 1.82) is 0 Å². The summed E-state index contributed by atoms with van der Waals surface area (Å²) in [6.45, 7) is 0. The molecule has 2 N–H and O–H groups in total. The Labute approximate surface area is 260 Å². The first-order valence-corrected chi connectivity index (χ1v) is 14.9. The minimum atomic E-state index is -0.327. The summed E-state index contributed by atoms with van der Waals surface area (Å²) in [6, 6.07) is 20.2. The number of rotatable bonds is 6. The van der Waals surface area contributed by atoms with E-state index in [1.165, 1.54) is 22.7 Å². The summed E-state index contributed by atoms with van der Waals surface area (Å²) >= 11 is 27.1. The van der Waals surface area contributed by atoms with E-state index in [-0.39, 0.29) is 11.8 Å². The maximum absolute atomic E-state index is 12.7. The maximum atomic E-state index is 12.7. The molecule has 0 atom stereocenters. The maximum Gasteiger partial charge on any atom is 0.257 e. The highest BCUT2D eigenvalue weighted by molar-refractivity contribution is 7.22. The molecule has 204 valence electrons. The second-order valence-electron chi connectivity index (χ2n) is 8.51. The van der Waals surface area contributed by atoms with Crippen molar-refractivity contribution >= 4 is 112 Å². The highest BCUT2D eigenvalue weighted by atomic mass is 35.5. The lowest BCUT2D eigenvalue weighted by molar-refractivity contribution is 0.101. The zero-order valence-electron chi connectivity index (χ0n) is 20.4. The number of carbonyl (C=O) groups excluding carboxylic acids is 2. The van der Waals surface area contributed by atoms with Gasteiger partial charge in [0.25, 0.3) is 11.8 Å². The molecule has 0 aliphatic rings. The number of halogens is 4. The van der Waals surface area contributed by atoms with E-state index >= 15 is 0 Å². The average molecular weight is 660 g/mol. The Morgan fingerprint density at radius 2 is 0.976 bits per heavy atom. The number of benzene rings is 4. The van der Waals surface area contributed by atoms with Crippen LogP contribution in [0.3, 0.4) is 0 Å². The van der Waals surface area contributed by atoms with Crippen LogP contribution >= 0.6 is 69.1 Å². The second-order valence-corrected chi connectivity index (χ2v) is 12.1. The van der Waals surface area contributed by atoms with Crippen molar-refractivity contribution in [2.75, 3.05) is 10.6 Å². The third-order valence-corrected chi connectivity index (χ3v) is 9.27. The molecule has 41 heavy (non-hydrogen) atoms.